The number of aromatic nitrogens is 1. The molecule has 138 valence electrons. The molecule has 9 heteroatoms. The number of amides is 2. The predicted molar refractivity (Wildman–Crippen MR) is 102 cm³/mol. The van der Waals surface area contributed by atoms with Crippen LogP contribution in [0.25, 0.3) is 0 Å². The summed E-state index contributed by atoms with van der Waals surface area (Å²) in [6.07, 6.45) is 2.88. The number of ether oxygens (including phenoxy) is 1. The molecule has 2 heterocycles. The Kier molecular flexibility index (Phi) is 6.34. The van der Waals surface area contributed by atoms with Gasteiger partial charge >= 0.3 is 0 Å². The topological polar surface area (TPSA) is 71.5 Å². The minimum Gasteiger partial charge on any atom is -0.482 e. The Labute approximate surface area is 165 Å². The summed E-state index contributed by atoms with van der Waals surface area (Å²) in [5.41, 5.74) is 0. The van der Waals surface area contributed by atoms with Crippen molar-refractivity contribution in [2.24, 2.45) is 5.92 Å². The summed E-state index contributed by atoms with van der Waals surface area (Å²) < 4.78 is 5.48. The van der Waals surface area contributed by atoms with Crippen LogP contribution in [0.15, 0.2) is 29.8 Å². The van der Waals surface area contributed by atoms with Gasteiger partial charge in [-0.2, -0.15) is 0 Å². The molecule has 1 aromatic carbocycles. The molecular weight excluding hydrogens is 397 g/mol. The van der Waals surface area contributed by atoms with Crippen LogP contribution < -0.4 is 10.1 Å². The molecule has 1 aromatic heterocycles. The molecule has 0 bridgehead atoms. The van der Waals surface area contributed by atoms with Crippen molar-refractivity contribution in [3.8, 4) is 5.75 Å². The van der Waals surface area contributed by atoms with Crippen molar-refractivity contribution >= 4 is 51.5 Å². The number of thiazole rings is 1. The van der Waals surface area contributed by atoms with E-state index in [1.54, 1.807) is 29.3 Å². The first kappa shape index (κ1) is 18.9. The number of nitrogens with one attached hydrogen (secondary N) is 1. The summed E-state index contributed by atoms with van der Waals surface area (Å²) >= 11 is 13.2. The van der Waals surface area contributed by atoms with Gasteiger partial charge < -0.3 is 15.0 Å². The third-order valence-corrected chi connectivity index (χ3v) is 5.34. The fourth-order valence-corrected chi connectivity index (χ4v) is 3.70. The van der Waals surface area contributed by atoms with Gasteiger partial charge in [0.25, 0.3) is 5.91 Å². The standard InChI is InChI=1S/C17H17Cl2N3O3S/c18-12-1-2-14(13(19)9-12)25-10-15(23)22-6-3-11(4-7-22)16(24)21-17-20-5-8-26-17/h1-2,5,8-9,11H,3-4,6-7,10H2,(H,20,21,24). The first-order valence-corrected chi connectivity index (χ1v) is 9.72. The van der Waals surface area contributed by atoms with Gasteiger partial charge in [-0.05, 0) is 31.0 Å². The number of hydrogen-bond donors (Lipinski definition) is 1. The molecule has 0 unspecified atom stereocenters. The van der Waals surface area contributed by atoms with Crippen LogP contribution in [0.4, 0.5) is 5.13 Å². The molecule has 2 amide bonds. The van der Waals surface area contributed by atoms with Gasteiger partial charge in [0.1, 0.15) is 5.75 Å². The summed E-state index contributed by atoms with van der Waals surface area (Å²) in [6.45, 7) is 0.941. The van der Waals surface area contributed by atoms with Gasteiger partial charge in [0, 0.05) is 35.6 Å². The minimum atomic E-state index is -0.130. The summed E-state index contributed by atoms with van der Waals surface area (Å²) in [5.74, 6) is 0.128. The number of hydrogen-bond acceptors (Lipinski definition) is 5. The quantitative estimate of drug-likeness (QED) is 0.810. The molecule has 1 aliphatic heterocycles. The van der Waals surface area contributed by atoms with Crippen LogP contribution in [0.3, 0.4) is 0 Å². The second-order valence-corrected chi connectivity index (χ2v) is 7.58. The largest absolute Gasteiger partial charge is 0.482 e. The molecule has 0 saturated carbocycles. The highest BCUT2D eigenvalue weighted by Gasteiger charge is 2.27. The first-order chi connectivity index (χ1) is 12.5. The van der Waals surface area contributed by atoms with E-state index in [1.807, 2.05) is 5.38 Å². The van der Waals surface area contributed by atoms with Gasteiger partial charge in [-0.15, -0.1) is 11.3 Å². The van der Waals surface area contributed by atoms with E-state index < -0.39 is 0 Å². The molecule has 1 aliphatic rings. The van der Waals surface area contributed by atoms with Crippen molar-refractivity contribution in [3.63, 3.8) is 0 Å². The van der Waals surface area contributed by atoms with Gasteiger partial charge in [-0.25, -0.2) is 4.98 Å². The molecule has 1 saturated heterocycles. The van der Waals surface area contributed by atoms with Gasteiger partial charge in [0.05, 0.1) is 5.02 Å². The molecule has 3 rings (SSSR count). The Balaban J connectivity index is 1.45. The zero-order valence-electron chi connectivity index (χ0n) is 13.8. The molecule has 0 aliphatic carbocycles. The first-order valence-electron chi connectivity index (χ1n) is 8.09. The van der Waals surface area contributed by atoms with Crippen molar-refractivity contribution in [2.45, 2.75) is 12.8 Å². The second-order valence-electron chi connectivity index (χ2n) is 5.84. The van der Waals surface area contributed by atoms with Gasteiger partial charge in [0.15, 0.2) is 11.7 Å². The lowest BCUT2D eigenvalue weighted by molar-refractivity contribution is -0.136. The number of anilines is 1. The minimum absolute atomic E-state index is 0.0451. The molecule has 1 fully saturated rings. The number of halogens is 2. The van der Waals surface area contributed by atoms with E-state index in [0.29, 0.717) is 46.9 Å². The maximum absolute atomic E-state index is 12.3. The summed E-state index contributed by atoms with van der Waals surface area (Å²) in [4.78, 5) is 30.3. The zero-order valence-corrected chi connectivity index (χ0v) is 16.1. The maximum atomic E-state index is 12.3. The molecule has 2 aromatic rings. The molecule has 1 N–H and O–H groups in total. The van der Waals surface area contributed by atoms with Crippen LogP contribution in [0.1, 0.15) is 12.8 Å². The second kappa shape index (κ2) is 8.70. The lowest BCUT2D eigenvalue weighted by Gasteiger charge is -2.31. The molecular formula is C17H17Cl2N3O3S. The van der Waals surface area contributed by atoms with Crippen LogP contribution in [-0.4, -0.2) is 41.4 Å². The van der Waals surface area contributed by atoms with Crippen LogP contribution in [-0.2, 0) is 9.59 Å². The number of nitrogens with zero attached hydrogens (tertiary/aromatic N) is 2. The van der Waals surface area contributed by atoms with E-state index in [2.05, 4.69) is 10.3 Å². The maximum Gasteiger partial charge on any atom is 0.260 e. The normalized spacial score (nSPS) is 14.9. The Morgan fingerprint density at radius 2 is 2.08 bits per heavy atom. The van der Waals surface area contributed by atoms with E-state index in [0.717, 1.165) is 0 Å². The average molecular weight is 414 g/mol. The Morgan fingerprint density at radius 1 is 1.31 bits per heavy atom. The van der Waals surface area contributed by atoms with E-state index in [1.165, 1.54) is 11.3 Å². The third kappa shape index (κ3) is 4.87. The highest BCUT2D eigenvalue weighted by Crippen LogP contribution is 2.27. The summed E-state index contributed by atoms with van der Waals surface area (Å²) in [6, 6.07) is 4.85. The molecule has 6 nitrogen and oxygen atoms in total. The molecule has 0 spiro atoms. The van der Waals surface area contributed by atoms with Crippen molar-refractivity contribution in [3.05, 3.63) is 39.8 Å². The van der Waals surface area contributed by atoms with Crippen molar-refractivity contribution in [2.75, 3.05) is 25.0 Å². The lowest BCUT2D eigenvalue weighted by atomic mass is 9.96. The van der Waals surface area contributed by atoms with E-state index >= 15 is 0 Å². The number of likely N-dealkylation sites (tertiary alicyclic amines) is 1. The van der Waals surface area contributed by atoms with Crippen LogP contribution >= 0.6 is 34.5 Å². The van der Waals surface area contributed by atoms with Crippen molar-refractivity contribution < 1.29 is 14.3 Å². The summed E-state index contributed by atoms with van der Waals surface area (Å²) in [7, 11) is 0. The zero-order chi connectivity index (χ0) is 18.5. The highest BCUT2D eigenvalue weighted by atomic mass is 35.5. The Morgan fingerprint density at radius 3 is 2.73 bits per heavy atom. The number of carbonyl (C=O) groups is 2. The van der Waals surface area contributed by atoms with E-state index in [4.69, 9.17) is 27.9 Å². The van der Waals surface area contributed by atoms with E-state index in [9.17, 15) is 9.59 Å². The van der Waals surface area contributed by atoms with Gasteiger partial charge in [0.2, 0.25) is 5.91 Å². The lowest BCUT2D eigenvalue weighted by Crippen LogP contribution is -2.43. The number of benzene rings is 1. The summed E-state index contributed by atoms with van der Waals surface area (Å²) in [5, 5.41) is 6.09. The highest BCUT2D eigenvalue weighted by molar-refractivity contribution is 7.13. The number of piperidine rings is 1. The van der Waals surface area contributed by atoms with Crippen molar-refractivity contribution in [1.29, 1.82) is 0 Å². The number of carbonyl (C=O) groups excluding carboxylic acids is 2. The molecule has 0 atom stereocenters. The van der Waals surface area contributed by atoms with Crippen molar-refractivity contribution in [1.82, 2.24) is 9.88 Å². The smallest absolute Gasteiger partial charge is 0.260 e. The fraction of sp³-hybridized carbons (Fsp3) is 0.353. The van der Waals surface area contributed by atoms with Gasteiger partial charge in [-0.3, -0.25) is 9.59 Å². The van der Waals surface area contributed by atoms with E-state index in [-0.39, 0.29) is 24.3 Å². The SMILES string of the molecule is O=C(Nc1nccs1)C1CCN(C(=O)COc2ccc(Cl)cc2Cl)CC1. The fourth-order valence-electron chi connectivity index (χ4n) is 2.71. The van der Waals surface area contributed by atoms with Crippen LogP contribution in [0.2, 0.25) is 10.0 Å². The predicted octanol–water partition coefficient (Wildman–Crippen LogP) is 3.71. The number of rotatable bonds is 5. The third-order valence-electron chi connectivity index (χ3n) is 4.13. The molecule has 26 heavy (non-hydrogen) atoms. The Hall–Kier alpha value is -1.83. The monoisotopic (exact) mass is 413 g/mol. The molecule has 0 radical (unpaired) electrons. The average Bonchev–Trinajstić information content (AvgIpc) is 3.14. The van der Waals surface area contributed by atoms with Crippen LogP contribution in [0.5, 0.6) is 5.75 Å². The Bertz CT molecular complexity index is 778. The van der Waals surface area contributed by atoms with Gasteiger partial charge in [-0.1, -0.05) is 23.2 Å². The van der Waals surface area contributed by atoms with Crippen LogP contribution in [0, 0.1) is 5.92 Å².